The van der Waals surface area contributed by atoms with Crippen molar-refractivity contribution in [1.82, 2.24) is 0 Å². The first kappa shape index (κ1) is 27.6. The van der Waals surface area contributed by atoms with Crippen LogP contribution in [0.3, 0.4) is 0 Å². The van der Waals surface area contributed by atoms with Crippen LogP contribution in [0.4, 0.5) is 0 Å². The molecular formula is C32H43NO3. The fraction of sp³-hybridized carbons (Fsp3) is 0.438. The zero-order chi connectivity index (χ0) is 25.4. The molecule has 4 heteroatoms. The largest absolute Gasteiger partial charge is 0.494 e. The molecule has 36 heavy (non-hydrogen) atoms. The van der Waals surface area contributed by atoms with Gasteiger partial charge in [0.25, 0.3) is 0 Å². The molecule has 4 nitrogen and oxygen atoms in total. The van der Waals surface area contributed by atoms with Gasteiger partial charge in [0, 0.05) is 11.6 Å². The standard InChI is InChI=1S/C32H43NO3/c1-3-5-9-23-35-29-17-15-27(16-18-29)26-11-13-28(14-12-26)31-20-19-30(34-22-4-2)25-32(31)36-24-10-7-6-8-21-33/h11-20,25H,3-10,21-24,33H2,1-2H3. The molecule has 0 aliphatic rings. The topological polar surface area (TPSA) is 53.7 Å². The maximum absolute atomic E-state index is 6.24. The van der Waals surface area contributed by atoms with Gasteiger partial charge in [-0.2, -0.15) is 0 Å². The number of ether oxygens (including phenoxy) is 3. The maximum atomic E-state index is 6.24. The molecule has 194 valence electrons. The summed E-state index contributed by atoms with van der Waals surface area (Å²) < 4.78 is 18.0. The molecule has 0 atom stereocenters. The molecular weight excluding hydrogens is 446 g/mol. The monoisotopic (exact) mass is 489 g/mol. The van der Waals surface area contributed by atoms with Gasteiger partial charge in [0.1, 0.15) is 17.2 Å². The van der Waals surface area contributed by atoms with E-state index in [1.165, 1.54) is 24.0 Å². The molecule has 0 aliphatic heterocycles. The SMILES string of the molecule is CCCCCOc1ccc(-c2ccc(-c3ccc(OCCC)cc3OCCCCCCN)cc2)cc1. The van der Waals surface area contributed by atoms with Crippen LogP contribution in [0.25, 0.3) is 22.3 Å². The Hall–Kier alpha value is -2.98. The van der Waals surface area contributed by atoms with Crippen LogP contribution in [-0.4, -0.2) is 26.4 Å². The number of rotatable bonds is 17. The Bertz CT molecular complexity index is 999. The average molecular weight is 490 g/mol. The molecule has 0 saturated heterocycles. The number of hydrogen-bond acceptors (Lipinski definition) is 4. The van der Waals surface area contributed by atoms with Gasteiger partial charge in [-0.25, -0.2) is 0 Å². The van der Waals surface area contributed by atoms with Crippen LogP contribution >= 0.6 is 0 Å². The fourth-order valence-electron chi connectivity index (χ4n) is 4.08. The van der Waals surface area contributed by atoms with Gasteiger partial charge in [-0.05, 0) is 73.2 Å². The van der Waals surface area contributed by atoms with Gasteiger partial charge in [-0.15, -0.1) is 0 Å². The lowest BCUT2D eigenvalue weighted by atomic mass is 9.99. The third-order valence-electron chi connectivity index (χ3n) is 6.18. The van der Waals surface area contributed by atoms with E-state index in [1.807, 2.05) is 12.1 Å². The smallest absolute Gasteiger partial charge is 0.130 e. The highest BCUT2D eigenvalue weighted by molar-refractivity contribution is 5.75. The first-order chi connectivity index (χ1) is 17.7. The van der Waals surface area contributed by atoms with Crippen LogP contribution in [0.5, 0.6) is 17.2 Å². The summed E-state index contributed by atoms with van der Waals surface area (Å²) >= 11 is 0. The second-order valence-corrected chi connectivity index (χ2v) is 9.22. The van der Waals surface area contributed by atoms with Crippen LogP contribution in [0.15, 0.2) is 66.7 Å². The van der Waals surface area contributed by atoms with Crippen molar-refractivity contribution in [2.75, 3.05) is 26.4 Å². The van der Waals surface area contributed by atoms with E-state index in [9.17, 15) is 0 Å². The van der Waals surface area contributed by atoms with Gasteiger partial charge in [-0.3, -0.25) is 0 Å². The minimum Gasteiger partial charge on any atom is -0.494 e. The van der Waals surface area contributed by atoms with Crippen molar-refractivity contribution in [3.63, 3.8) is 0 Å². The Kier molecular flexibility index (Phi) is 12.2. The number of unbranched alkanes of at least 4 members (excludes halogenated alkanes) is 5. The van der Waals surface area contributed by atoms with Crippen molar-refractivity contribution in [3.8, 4) is 39.5 Å². The van der Waals surface area contributed by atoms with E-state index >= 15 is 0 Å². The summed E-state index contributed by atoms with van der Waals surface area (Å²) in [5.41, 5.74) is 10.2. The summed E-state index contributed by atoms with van der Waals surface area (Å²) in [5, 5.41) is 0. The summed E-state index contributed by atoms with van der Waals surface area (Å²) in [7, 11) is 0. The predicted molar refractivity (Wildman–Crippen MR) is 151 cm³/mol. The van der Waals surface area contributed by atoms with E-state index in [0.717, 1.165) is 80.1 Å². The zero-order valence-corrected chi connectivity index (χ0v) is 22.1. The minimum absolute atomic E-state index is 0.694. The third-order valence-corrected chi connectivity index (χ3v) is 6.18. The molecule has 0 aromatic heterocycles. The predicted octanol–water partition coefficient (Wildman–Crippen LogP) is 8.28. The first-order valence-corrected chi connectivity index (χ1v) is 13.7. The number of hydrogen-bond donors (Lipinski definition) is 1. The zero-order valence-electron chi connectivity index (χ0n) is 22.1. The Balaban J connectivity index is 1.68. The molecule has 0 aliphatic carbocycles. The van der Waals surface area contributed by atoms with E-state index < -0.39 is 0 Å². The van der Waals surface area contributed by atoms with Gasteiger partial charge in [0.2, 0.25) is 0 Å². The molecule has 0 saturated carbocycles. The summed E-state index contributed by atoms with van der Waals surface area (Å²) in [6, 6.07) is 23.2. The Morgan fingerprint density at radius 1 is 0.528 bits per heavy atom. The van der Waals surface area contributed by atoms with Crippen molar-refractivity contribution < 1.29 is 14.2 Å². The summed E-state index contributed by atoms with van der Waals surface area (Å²) in [6.07, 6.45) is 8.88. The highest BCUT2D eigenvalue weighted by Crippen LogP contribution is 2.35. The van der Waals surface area contributed by atoms with E-state index in [0.29, 0.717) is 13.2 Å². The number of benzene rings is 3. The second kappa shape index (κ2) is 15.9. The number of nitrogens with two attached hydrogens (primary N) is 1. The van der Waals surface area contributed by atoms with Gasteiger partial charge in [-0.1, -0.05) is 75.9 Å². The molecule has 3 rings (SSSR count). The molecule has 0 unspecified atom stereocenters. The third kappa shape index (κ3) is 8.91. The van der Waals surface area contributed by atoms with E-state index in [1.54, 1.807) is 0 Å². The molecule has 0 spiro atoms. The van der Waals surface area contributed by atoms with Crippen LogP contribution in [0, 0.1) is 0 Å². The highest BCUT2D eigenvalue weighted by Gasteiger charge is 2.10. The van der Waals surface area contributed by atoms with E-state index in [-0.39, 0.29) is 0 Å². The molecule has 2 N–H and O–H groups in total. The van der Waals surface area contributed by atoms with Crippen LogP contribution in [-0.2, 0) is 0 Å². The van der Waals surface area contributed by atoms with Crippen molar-refractivity contribution in [1.29, 1.82) is 0 Å². The quantitative estimate of drug-likeness (QED) is 0.194. The van der Waals surface area contributed by atoms with Crippen LogP contribution in [0.1, 0.15) is 65.2 Å². The van der Waals surface area contributed by atoms with Gasteiger partial charge in [0.05, 0.1) is 19.8 Å². The van der Waals surface area contributed by atoms with Crippen LogP contribution < -0.4 is 19.9 Å². The molecule has 0 bridgehead atoms. The lowest BCUT2D eigenvalue weighted by Gasteiger charge is -2.15. The lowest BCUT2D eigenvalue weighted by Crippen LogP contribution is -2.02. The molecule has 3 aromatic carbocycles. The molecule has 0 amide bonds. The molecule has 0 radical (unpaired) electrons. The van der Waals surface area contributed by atoms with Crippen molar-refractivity contribution in [3.05, 3.63) is 66.7 Å². The first-order valence-electron chi connectivity index (χ1n) is 13.7. The van der Waals surface area contributed by atoms with E-state index in [4.69, 9.17) is 19.9 Å². The van der Waals surface area contributed by atoms with Crippen molar-refractivity contribution in [2.45, 2.75) is 65.2 Å². The fourth-order valence-corrected chi connectivity index (χ4v) is 4.08. The molecule has 3 aromatic rings. The summed E-state index contributed by atoms with van der Waals surface area (Å²) in [4.78, 5) is 0. The Labute approximate surface area is 217 Å². The Morgan fingerprint density at radius 2 is 1.11 bits per heavy atom. The highest BCUT2D eigenvalue weighted by atomic mass is 16.5. The second-order valence-electron chi connectivity index (χ2n) is 9.22. The normalized spacial score (nSPS) is 10.9. The van der Waals surface area contributed by atoms with E-state index in [2.05, 4.69) is 68.4 Å². The van der Waals surface area contributed by atoms with Gasteiger partial charge >= 0.3 is 0 Å². The summed E-state index contributed by atoms with van der Waals surface area (Å²) in [5.74, 6) is 2.66. The van der Waals surface area contributed by atoms with Crippen molar-refractivity contribution in [2.24, 2.45) is 5.73 Å². The Morgan fingerprint density at radius 3 is 1.81 bits per heavy atom. The van der Waals surface area contributed by atoms with Crippen LogP contribution in [0.2, 0.25) is 0 Å². The molecule has 0 heterocycles. The minimum atomic E-state index is 0.694. The van der Waals surface area contributed by atoms with Crippen molar-refractivity contribution >= 4 is 0 Å². The average Bonchev–Trinajstić information content (AvgIpc) is 2.92. The van der Waals surface area contributed by atoms with Gasteiger partial charge in [0.15, 0.2) is 0 Å². The maximum Gasteiger partial charge on any atom is 0.130 e. The van der Waals surface area contributed by atoms with Gasteiger partial charge < -0.3 is 19.9 Å². The summed E-state index contributed by atoms with van der Waals surface area (Å²) in [6.45, 7) is 7.26. The molecule has 0 fully saturated rings. The lowest BCUT2D eigenvalue weighted by molar-refractivity contribution is 0.295.